The van der Waals surface area contributed by atoms with Crippen molar-refractivity contribution in [2.24, 2.45) is 5.73 Å². The average Bonchev–Trinajstić information content (AvgIpc) is 2.89. The number of carbonyl (C=O) groups excluding carboxylic acids is 1. The highest BCUT2D eigenvalue weighted by atomic mass is 19.1. The Morgan fingerprint density at radius 3 is 2.61 bits per heavy atom. The number of carbonyl (C=O) groups is 1. The third-order valence-electron chi connectivity index (χ3n) is 7.13. The lowest BCUT2D eigenvalue weighted by Crippen LogP contribution is -2.38. The molecule has 1 aliphatic carbocycles. The standard InChI is InChI=1S/C28H29FN4O3/c1-35-25-10-5-18(15-19(25)17-32-11-13-36-14-12-32)26-22(16-30)28(31)33(21-8-6-20(29)7-9-21)23-3-2-4-24(34)27(23)26/h5-10,15,26H,2-4,11-14,17,31H2,1H3/t26-/m1/s1. The molecule has 2 heterocycles. The number of nitrogens with zero attached hydrogens (tertiary/aromatic N) is 3. The molecule has 0 unspecified atom stereocenters. The highest BCUT2D eigenvalue weighted by Gasteiger charge is 2.40. The summed E-state index contributed by atoms with van der Waals surface area (Å²) in [5.41, 5.74) is 10.8. The van der Waals surface area contributed by atoms with Crippen LogP contribution in [0.5, 0.6) is 5.75 Å². The summed E-state index contributed by atoms with van der Waals surface area (Å²) < 4.78 is 24.8. The van der Waals surface area contributed by atoms with E-state index in [1.165, 1.54) is 12.1 Å². The molecule has 2 aliphatic heterocycles. The van der Waals surface area contributed by atoms with Crippen molar-refractivity contribution in [1.82, 2.24) is 4.90 Å². The van der Waals surface area contributed by atoms with Gasteiger partial charge in [-0.1, -0.05) is 6.07 Å². The molecule has 2 N–H and O–H groups in total. The van der Waals surface area contributed by atoms with Crippen LogP contribution in [0.15, 0.2) is 65.1 Å². The second kappa shape index (κ2) is 10.1. The van der Waals surface area contributed by atoms with E-state index in [1.807, 2.05) is 18.2 Å². The Hall–Kier alpha value is -3.67. The van der Waals surface area contributed by atoms with Gasteiger partial charge in [-0.2, -0.15) is 5.26 Å². The number of nitrogens with two attached hydrogens (primary N) is 1. The van der Waals surface area contributed by atoms with Gasteiger partial charge in [0.1, 0.15) is 17.4 Å². The first kappa shape index (κ1) is 24.0. The maximum Gasteiger partial charge on any atom is 0.161 e. The Balaban J connectivity index is 1.62. The van der Waals surface area contributed by atoms with Crippen LogP contribution in [0.4, 0.5) is 10.1 Å². The van der Waals surface area contributed by atoms with Gasteiger partial charge in [-0.3, -0.25) is 14.6 Å². The average molecular weight is 489 g/mol. The number of methoxy groups -OCH3 is 1. The lowest BCUT2D eigenvalue weighted by Gasteiger charge is -2.39. The van der Waals surface area contributed by atoms with Crippen LogP contribution in [-0.2, 0) is 16.1 Å². The summed E-state index contributed by atoms with van der Waals surface area (Å²) in [6.45, 7) is 3.70. The number of ether oxygens (including phenoxy) is 2. The zero-order valence-electron chi connectivity index (χ0n) is 20.3. The number of anilines is 1. The van der Waals surface area contributed by atoms with Gasteiger partial charge >= 0.3 is 0 Å². The molecule has 36 heavy (non-hydrogen) atoms. The Kier molecular flexibility index (Phi) is 6.77. The number of hydrogen-bond acceptors (Lipinski definition) is 7. The first-order valence-electron chi connectivity index (χ1n) is 12.2. The number of halogens is 1. The molecule has 0 radical (unpaired) electrons. The molecule has 186 valence electrons. The summed E-state index contributed by atoms with van der Waals surface area (Å²) in [4.78, 5) is 17.4. The molecule has 5 rings (SSSR count). The largest absolute Gasteiger partial charge is 0.496 e. The Morgan fingerprint density at radius 2 is 1.92 bits per heavy atom. The lowest BCUT2D eigenvalue weighted by atomic mass is 9.75. The number of Topliss-reactive ketones (excluding diaryl/α,β-unsaturated/α-hetero) is 1. The van der Waals surface area contributed by atoms with Crippen molar-refractivity contribution in [3.8, 4) is 11.8 Å². The van der Waals surface area contributed by atoms with Crippen molar-refractivity contribution in [1.29, 1.82) is 5.26 Å². The second-order valence-corrected chi connectivity index (χ2v) is 9.25. The number of allylic oxidation sites excluding steroid dienone is 3. The van der Waals surface area contributed by atoms with Crippen molar-refractivity contribution in [2.75, 3.05) is 38.3 Å². The zero-order valence-corrected chi connectivity index (χ0v) is 20.3. The van der Waals surface area contributed by atoms with Gasteiger partial charge in [0.05, 0.1) is 37.9 Å². The molecule has 1 saturated heterocycles. The van der Waals surface area contributed by atoms with E-state index < -0.39 is 5.92 Å². The third kappa shape index (κ3) is 4.36. The summed E-state index contributed by atoms with van der Waals surface area (Å²) in [6.07, 6.45) is 1.76. The Labute approximate surface area is 210 Å². The van der Waals surface area contributed by atoms with Crippen molar-refractivity contribution >= 4 is 11.5 Å². The molecular weight excluding hydrogens is 459 g/mol. The number of morpholine rings is 1. The van der Waals surface area contributed by atoms with Gasteiger partial charge in [0.25, 0.3) is 0 Å². The van der Waals surface area contributed by atoms with Crippen molar-refractivity contribution in [3.05, 3.63) is 82.1 Å². The molecule has 7 nitrogen and oxygen atoms in total. The smallest absolute Gasteiger partial charge is 0.161 e. The van der Waals surface area contributed by atoms with Crippen LogP contribution in [0.3, 0.4) is 0 Å². The second-order valence-electron chi connectivity index (χ2n) is 9.25. The molecule has 1 fully saturated rings. The molecule has 0 aromatic heterocycles. The van der Waals surface area contributed by atoms with Crippen LogP contribution in [0.1, 0.15) is 36.3 Å². The summed E-state index contributed by atoms with van der Waals surface area (Å²) in [5, 5.41) is 10.3. The predicted octanol–water partition coefficient (Wildman–Crippen LogP) is 3.97. The fourth-order valence-corrected chi connectivity index (χ4v) is 5.41. The van der Waals surface area contributed by atoms with Crippen molar-refractivity contribution in [2.45, 2.75) is 31.7 Å². The summed E-state index contributed by atoms with van der Waals surface area (Å²) in [6, 6.07) is 14.1. The summed E-state index contributed by atoms with van der Waals surface area (Å²) in [7, 11) is 1.64. The molecule has 2 aromatic carbocycles. The van der Waals surface area contributed by atoms with Crippen molar-refractivity contribution in [3.63, 3.8) is 0 Å². The Bertz CT molecular complexity index is 1270. The molecule has 0 spiro atoms. The maximum absolute atomic E-state index is 13.6. The highest BCUT2D eigenvalue weighted by molar-refractivity contribution is 6.01. The van der Waals surface area contributed by atoms with Gasteiger partial charge in [-0.15, -0.1) is 0 Å². The number of benzene rings is 2. The van der Waals surface area contributed by atoms with Gasteiger partial charge in [0.15, 0.2) is 5.78 Å². The normalized spacial score (nSPS) is 20.9. The van der Waals surface area contributed by atoms with E-state index in [-0.39, 0.29) is 17.4 Å². The van der Waals surface area contributed by atoms with E-state index in [0.717, 1.165) is 35.7 Å². The quantitative estimate of drug-likeness (QED) is 0.681. The fraction of sp³-hybridized carbons (Fsp3) is 0.357. The summed E-state index contributed by atoms with van der Waals surface area (Å²) in [5.74, 6) is 0.112. The molecular formula is C28H29FN4O3. The van der Waals surface area contributed by atoms with Crippen LogP contribution in [0.2, 0.25) is 0 Å². The Morgan fingerprint density at radius 1 is 1.17 bits per heavy atom. The monoisotopic (exact) mass is 488 g/mol. The van der Waals surface area contributed by atoms with Gasteiger partial charge in [-0.25, -0.2) is 4.39 Å². The number of nitriles is 1. The minimum Gasteiger partial charge on any atom is -0.496 e. The van der Waals surface area contributed by atoms with Crippen molar-refractivity contribution < 1.29 is 18.7 Å². The van der Waals surface area contributed by atoms with Gasteiger partial charge < -0.3 is 15.2 Å². The van der Waals surface area contributed by atoms with E-state index in [2.05, 4.69) is 11.0 Å². The minimum atomic E-state index is -0.566. The van der Waals surface area contributed by atoms with E-state index >= 15 is 0 Å². The van der Waals surface area contributed by atoms with Gasteiger partial charge in [0.2, 0.25) is 0 Å². The van der Waals surface area contributed by atoms with Crippen LogP contribution < -0.4 is 15.4 Å². The minimum absolute atomic E-state index is 0.0131. The highest BCUT2D eigenvalue weighted by Crippen LogP contribution is 2.46. The van der Waals surface area contributed by atoms with Crippen LogP contribution >= 0.6 is 0 Å². The molecule has 0 saturated carbocycles. The van der Waals surface area contributed by atoms with E-state index in [0.29, 0.717) is 55.9 Å². The zero-order chi connectivity index (χ0) is 25.2. The first-order chi connectivity index (χ1) is 17.5. The molecule has 0 bridgehead atoms. The predicted molar refractivity (Wildman–Crippen MR) is 133 cm³/mol. The van der Waals surface area contributed by atoms with E-state index in [9.17, 15) is 14.4 Å². The third-order valence-corrected chi connectivity index (χ3v) is 7.13. The molecule has 3 aliphatic rings. The van der Waals surface area contributed by atoms with Crippen LogP contribution in [-0.4, -0.2) is 44.1 Å². The lowest BCUT2D eigenvalue weighted by molar-refractivity contribution is -0.116. The summed E-state index contributed by atoms with van der Waals surface area (Å²) >= 11 is 0. The SMILES string of the molecule is COc1ccc([C@@H]2C(C#N)=C(N)N(c3ccc(F)cc3)C3=C2C(=O)CCC3)cc1CN1CCOCC1. The van der Waals surface area contributed by atoms with Gasteiger partial charge in [0, 0.05) is 48.6 Å². The first-order valence-corrected chi connectivity index (χ1v) is 12.2. The molecule has 8 heteroatoms. The maximum atomic E-state index is 13.6. The van der Waals surface area contributed by atoms with E-state index in [4.69, 9.17) is 15.2 Å². The van der Waals surface area contributed by atoms with E-state index in [1.54, 1.807) is 24.1 Å². The topological polar surface area (TPSA) is 91.8 Å². The number of hydrogen-bond donors (Lipinski definition) is 1. The van der Waals surface area contributed by atoms with Crippen LogP contribution in [0.25, 0.3) is 0 Å². The molecule has 0 amide bonds. The fourth-order valence-electron chi connectivity index (χ4n) is 5.41. The van der Waals surface area contributed by atoms with Gasteiger partial charge in [-0.05, 0) is 54.8 Å². The number of rotatable bonds is 5. The number of ketones is 1. The molecule has 2 aromatic rings. The van der Waals surface area contributed by atoms with Crippen LogP contribution in [0, 0.1) is 17.1 Å². The molecule has 1 atom stereocenters.